The van der Waals surface area contributed by atoms with Gasteiger partial charge in [0.25, 0.3) is 0 Å². The zero-order chi connectivity index (χ0) is 12.2. The molecule has 0 fully saturated rings. The molecule has 0 rings (SSSR count). The Morgan fingerprint density at radius 3 is 1.44 bits per heavy atom. The van der Waals surface area contributed by atoms with Crippen molar-refractivity contribution in [1.82, 2.24) is 10.6 Å². The van der Waals surface area contributed by atoms with Gasteiger partial charge in [-0.2, -0.15) is 0 Å². The van der Waals surface area contributed by atoms with Crippen molar-refractivity contribution in [2.75, 3.05) is 26.3 Å². The summed E-state index contributed by atoms with van der Waals surface area (Å²) < 4.78 is 9.66. The summed E-state index contributed by atoms with van der Waals surface area (Å²) in [5.74, 6) is 0. The molecule has 0 saturated heterocycles. The predicted molar refractivity (Wildman–Crippen MR) is 72.7 cm³/mol. The van der Waals surface area contributed by atoms with E-state index in [0.29, 0.717) is 39.1 Å². The summed E-state index contributed by atoms with van der Waals surface area (Å²) in [6, 6.07) is 0. The average Bonchev–Trinajstić information content (AvgIpc) is 2.24. The molecule has 18 heavy (non-hydrogen) atoms. The molecule has 0 aliphatic heterocycles. The summed E-state index contributed by atoms with van der Waals surface area (Å²) in [5.41, 5.74) is 0. The SMILES string of the molecule is C.C.CCNC(=O)OCCCCOC(=O)NCC. The second kappa shape index (κ2) is 15.5. The van der Waals surface area contributed by atoms with E-state index in [1.165, 1.54) is 0 Å². The zero-order valence-corrected chi connectivity index (χ0v) is 9.88. The number of carbonyl (C=O) groups excluding carboxylic acids is 2. The van der Waals surface area contributed by atoms with Crippen LogP contribution in [0.3, 0.4) is 0 Å². The van der Waals surface area contributed by atoms with Crippen LogP contribution in [0.25, 0.3) is 0 Å². The van der Waals surface area contributed by atoms with Crippen LogP contribution in [0, 0.1) is 0 Å². The third kappa shape index (κ3) is 14.5. The number of amides is 2. The van der Waals surface area contributed by atoms with E-state index in [1.807, 2.05) is 13.8 Å². The maximum absolute atomic E-state index is 10.8. The van der Waals surface area contributed by atoms with Gasteiger partial charge in [-0.25, -0.2) is 9.59 Å². The smallest absolute Gasteiger partial charge is 0.407 e. The molecule has 6 heteroatoms. The Morgan fingerprint density at radius 1 is 0.833 bits per heavy atom. The number of carbonyl (C=O) groups is 2. The first-order valence-corrected chi connectivity index (χ1v) is 5.52. The molecule has 0 aliphatic carbocycles. The molecule has 0 unspecified atom stereocenters. The van der Waals surface area contributed by atoms with Crippen LogP contribution in [0.2, 0.25) is 0 Å². The first-order valence-electron chi connectivity index (χ1n) is 5.52. The van der Waals surface area contributed by atoms with Gasteiger partial charge in [0.05, 0.1) is 13.2 Å². The minimum atomic E-state index is -0.410. The lowest BCUT2D eigenvalue weighted by Gasteiger charge is -2.06. The molecule has 110 valence electrons. The summed E-state index contributed by atoms with van der Waals surface area (Å²) in [6.07, 6.45) is 0.534. The van der Waals surface area contributed by atoms with Gasteiger partial charge in [0.1, 0.15) is 0 Å². The van der Waals surface area contributed by atoms with Gasteiger partial charge in [0, 0.05) is 13.1 Å². The Hall–Kier alpha value is -1.46. The van der Waals surface area contributed by atoms with Crippen LogP contribution in [0.15, 0.2) is 0 Å². The molecule has 2 N–H and O–H groups in total. The molecule has 0 spiro atoms. The van der Waals surface area contributed by atoms with Crippen molar-refractivity contribution < 1.29 is 19.1 Å². The second-order valence-corrected chi connectivity index (χ2v) is 3.04. The number of hydrogen-bond acceptors (Lipinski definition) is 4. The summed E-state index contributed by atoms with van der Waals surface area (Å²) >= 11 is 0. The van der Waals surface area contributed by atoms with Crippen LogP contribution in [-0.4, -0.2) is 38.5 Å². The minimum Gasteiger partial charge on any atom is -0.450 e. The standard InChI is InChI=1S/C10H20N2O4.2CH4/c1-3-11-9(13)15-7-5-6-8-16-10(14)12-4-2;;/h3-8H2,1-2H3,(H,11,13)(H,12,14);2*1H4. The molecule has 2 amide bonds. The molecule has 0 heterocycles. The monoisotopic (exact) mass is 264 g/mol. The number of unbranched alkanes of at least 4 members (excludes halogenated alkanes) is 1. The molecular formula is C12H28N2O4. The highest BCUT2D eigenvalue weighted by atomic mass is 16.6. The van der Waals surface area contributed by atoms with Gasteiger partial charge in [-0.15, -0.1) is 0 Å². The number of alkyl carbamates (subject to hydrolysis) is 2. The van der Waals surface area contributed by atoms with E-state index in [9.17, 15) is 9.59 Å². The van der Waals surface area contributed by atoms with Crippen molar-refractivity contribution in [3.05, 3.63) is 0 Å². The summed E-state index contributed by atoms with van der Waals surface area (Å²) in [7, 11) is 0. The molecule has 0 aliphatic rings. The van der Waals surface area contributed by atoms with Crippen molar-refractivity contribution in [3.8, 4) is 0 Å². The molecule has 0 radical (unpaired) electrons. The summed E-state index contributed by atoms with van der Waals surface area (Å²) in [5, 5.41) is 5.03. The van der Waals surface area contributed by atoms with E-state index in [2.05, 4.69) is 10.6 Å². The van der Waals surface area contributed by atoms with E-state index >= 15 is 0 Å². The molecule has 0 bridgehead atoms. The van der Waals surface area contributed by atoms with Crippen LogP contribution in [0.1, 0.15) is 41.5 Å². The van der Waals surface area contributed by atoms with Crippen LogP contribution in [0.4, 0.5) is 9.59 Å². The van der Waals surface area contributed by atoms with Crippen LogP contribution in [-0.2, 0) is 9.47 Å². The third-order valence-corrected chi connectivity index (χ3v) is 1.65. The molecule has 0 atom stereocenters. The van der Waals surface area contributed by atoms with E-state index in [0.717, 1.165) is 0 Å². The molecule has 0 saturated carbocycles. The average molecular weight is 264 g/mol. The van der Waals surface area contributed by atoms with E-state index in [1.54, 1.807) is 0 Å². The van der Waals surface area contributed by atoms with Crippen LogP contribution < -0.4 is 10.6 Å². The Bertz CT molecular complexity index is 188. The lowest BCUT2D eigenvalue weighted by molar-refractivity contribution is 0.129. The quantitative estimate of drug-likeness (QED) is 0.693. The zero-order valence-electron chi connectivity index (χ0n) is 9.88. The van der Waals surface area contributed by atoms with Crippen molar-refractivity contribution in [3.63, 3.8) is 0 Å². The number of ether oxygens (including phenoxy) is 2. The van der Waals surface area contributed by atoms with Crippen molar-refractivity contribution >= 4 is 12.2 Å². The normalized spacial score (nSPS) is 8.33. The maximum atomic E-state index is 10.8. The van der Waals surface area contributed by atoms with Crippen LogP contribution in [0.5, 0.6) is 0 Å². The van der Waals surface area contributed by atoms with Gasteiger partial charge in [-0.3, -0.25) is 0 Å². The van der Waals surface area contributed by atoms with Gasteiger partial charge in [0.15, 0.2) is 0 Å². The number of nitrogens with one attached hydrogen (secondary N) is 2. The minimum absolute atomic E-state index is 0. The lowest BCUT2D eigenvalue weighted by Crippen LogP contribution is -2.25. The fourth-order valence-electron chi connectivity index (χ4n) is 0.925. The number of hydrogen-bond donors (Lipinski definition) is 2. The molecular weight excluding hydrogens is 236 g/mol. The first-order chi connectivity index (χ1) is 7.70. The van der Waals surface area contributed by atoms with E-state index in [4.69, 9.17) is 9.47 Å². The van der Waals surface area contributed by atoms with Crippen LogP contribution >= 0.6 is 0 Å². The molecule has 0 aromatic carbocycles. The Morgan fingerprint density at radius 2 is 1.17 bits per heavy atom. The van der Waals surface area contributed by atoms with Gasteiger partial charge in [-0.1, -0.05) is 14.9 Å². The largest absolute Gasteiger partial charge is 0.450 e. The van der Waals surface area contributed by atoms with Gasteiger partial charge < -0.3 is 20.1 Å². The lowest BCUT2D eigenvalue weighted by atomic mass is 10.3. The Balaban J connectivity index is -0.00000112. The van der Waals surface area contributed by atoms with Gasteiger partial charge in [0.2, 0.25) is 0 Å². The summed E-state index contributed by atoms with van der Waals surface area (Å²) in [4.78, 5) is 21.7. The first kappa shape index (κ1) is 21.8. The van der Waals surface area contributed by atoms with Gasteiger partial charge in [-0.05, 0) is 26.7 Å². The van der Waals surface area contributed by atoms with E-state index < -0.39 is 12.2 Å². The topological polar surface area (TPSA) is 76.7 Å². The van der Waals surface area contributed by atoms with Crippen molar-refractivity contribution in [2.24, 2.45) is 0 Å². The van der Waals surface area contributed by atoms with Crippen molar-refractivity contribution in [1.29, 1.82) is 0 Å². The fourth-order valence-corrected chi connectivity index (χ4v) is 0.925. The van der Waals surface area contributed by atoms with Gasteiger partial charge >= 0.3 is 12.2 Å². The molecule has 6 nitrogen and oxygen atoms in total. The maximum Gasteiger partial charge on any atom is 0.407 e. The predicted octanol–water partition coefficient (Wildman–Crippen LogP) is 2.53. The molecule has 0 aromatic rings. The number of rotatable bonds is 7. The summed E-state index contributed by atoms with van der Waals surface area (Å²) in [6.45, 7) is 5.43. The van der Waals surface area contributed by atoms with E-state index in [-0.39, 0.29) is 14.9 Å². The third-order valence-electron chi connectivity index (χ3n) is 1.65. The highest BCUT2D eigenvalue weighted by molar-refractivity contribution is 5.67. The second-order valence-electron chi connectivity index (χ2n) is 3.04. The van der Waals surface area contributed by atoms with Crippen molar-refractivity contribution in [2.45, 2.75) is 41.5 Å². The fraction of sp³-hybridized carbons (Fsp3) is 0.833. The molecule has 0 aromatic heterocycles. The Kier molecular flexibility index (Phi) is 18.8. The highest BCUT2D eigenvalue weighted by Crippen LogP contribution is 1.92. The Labute approximate surface area is 110 Å². The highest BCUT2D eigenvalue weighted by Gasteiger charge is 2.00.